The van der Waals surface area contributed by atoms with Gasteiger partial charge in [0, 0.05) is 19.8 Å². The molecule has 0 amide bonds. The molecule has 0 unspecified atom stereocenters. The normalized spacial score (nSPS) is 16.2. The van der Waals surface area contributed by atoms with Crippen molar-refractivity contribution in [1.82, 2.24) is 10.2 Å². The Bertz CT molecular complexity index is 433. The maximum atomic E-state index is 5.61. The van der Waals surface area contributed by atoms with E-state index >= 15 is 0 Å². The van der Waals surface area contributed by atoms with Gasteiger partial charge in [0.2, 0.25) is 11.1 Å². The fourth-order valence-corrected chi connectivity index (χ4v) is 1.42. The number of thiocarbonyl (C=S) groups is 1. The Kier molecular flexibility index (Phi) is 5.31. The Morgan fingerprint density at radius 3 is 2.61 bits per heavy atom. The second-order valence-corrected chi connectivity index (χ2v) is 4.29. The van der Waals surface area contributed by atoms with Gasteiger partial charge in [-0.25, -0.2) is 0 Å². The van der Waals surface area contributed by atoms with Crippen molar-refractivity contribution in [1.29, 1.82) is 0 Å². The lowest BCUT2D eigenvalue weighted by atomic mass is 10.1. The molecule has 0 atom stereocenters. The predicted molar refractivity (Wildman–Crippen MR) is 79.1 cm³/mol. The number of nitrogens with two attached hydrogens (primary N) is 2. The van der Waals surface area contributed by atoms with Gasteiger partial charge < -0.3 is 21.7 Å². The van der Waals surface area contributed by atoms with E-state index in [0.29, 0.717) is 0 Å². The number of guanidine groups is 2. The summed E-state index contributed by atoms with van der Waals surface area (Å²) in [5.74, 6) is 0.301. The minimum absolute atomic E-state index is 0.0269. The fraction of sp³-hybridized carbons (Fsp3) is 0.364. The average Bonchev–Trinajstić information content (AvgIpc) is 2.29. The Balaban J connectivity index is 2.60. The van der Waals surface area contributed by atoms with Crippen LogP contribution in [0.3, 0.4) is 0 Å². The largest absolute Gasteiger partial charge is 0.369 e. The lowest BCUT2D eigenvalue weighted by Gasteiger charge is -2.10. The molecule has 98 valence electrons. The van der Waals surface area contributed by atoms with Crippen LogP contribution in [-0.4, -0.2) is 36.0 Å². The van der Waals surface area contributed by atoms with Gasteiger partial charge in [-0.2, -0.15) is 9.98 Å². The Morgan fingerprint density at radius 1 is 1.33 bits per heavy atom. The van der Waals surface area contributed by atoms with E-state index < -0.39 is 0 Å². The van der Waals surface area contributed by atoms with Crippen molar-refractivity contribution in [3.8, 4) is 0 Å². The third kappa shape index (κ3) is 4.96. The molecule has 0 saturated heterocycles. The number of hydrogen-bond acceptors (Lipinski definition) is 1. The third-order valence-electron chi connectivity index (χ3n) is 2.15. The highest BCUT2D eigenvalue weighted by atomic mass is 32.1. The molecule has 5 N–H and O–H groups in total. The van der Waals surface area contributed by atoms with Crippen LogP contribution >= 0.6 is 12.2 Å². The SMILES string of the molecule is CN(C)C(N)=NC(N)=NC(=S)NC1=CCCC=C1. The highest BCUT2D eigenvalue weighted by molar-refractivity contribution is 7.80. The molecule has 0 bridgehead atoms. The Hall–Kier alpha value is -1.89. The van der Waals surface area contributed by atoms with Gasteiger partial charge in [0.05, 0.1) is 0 Å². The molecule has 0 aromatic carbocycles. The van der Waals surface area contributed by atoms with Crippen LogP contribution in [0.15, 0.2) is 33.9 Å². The molecule has 0 fully saturated rings. The topological polar surface area (TPSA) is 92.0 Å². The van der Waals surface area contributed by atoms with Crippen LogP contribution in [0.2, 0.25) is 0 Å². The van der Waals surface area contributed by atoms with E-state index in [2.05, 4.69) is 27.5 Å². The van der Waals surface area contributed by atoms with Gasteiger partial charge in [0.1, 0.15) is 0 Å². The first-order valence-corrected chi connectivity index (χ1v) is 5.93. The van der Waals surface area contributed by atoms with Crippen LogP contribution in [0.25, 0.3) is 0 Å². The molecule has 0 spiro atoms. The maximum Gasteiger partial charge on any atom is 0.225 e. The van der Waals surface area contributed by atoms with Gasteiger partial charge in [0.25, 0.3) is 0 Å². The van der Waals surface area contributed by atoms with Crippen LogP contribution < -0.4 is 16.8 Å². The van der Waals surface area contributed by atoms with E-state index in [1.165, 1.54) is 0 Å². The molecular weight excluding hydrogens is 248 g/mol. The summed E-state index contributed by atoms with van der Waals surface area (Å²) in [5.41, 5.74) is 12.1. The number of hydrogen-bond donors (Lipinski definition) is 3. The molecule has 0 radical (unpaired) electrons. The lowest BCUT2D eigenvalue weighted by molar-refractivity contribution is 0.615. The van der Waals surface area contributed by atoms with Crippen molar-refractivity contribution in [2.45, 2.75) is 12.8 Å². The monoisotopic (exact) mass is 266 g/mol. The highest BCUT2D eigenvalue weighted by Gasteiger charge is 2.01. The zero-order valence-electron chi connectivity index (χ0n) is 10.6. The van der Waals surface area contributed by atoms with Gasteiger partial charge >= 0.3 is 0 Å². The second-order valence-electron chi connectivity index (χ2n) is 3.90. The van der Waals surface area contributed by atoms with Crippen molar-refractivity contribution in [2.75, 3.05) is 14.1 Å². The summed E-state index contributed by atoms with van der Waals surface area (Å²) in [6, 6.07) is 0. The number of nitrogens with zero attached hydrogens (tertiary/aromatic N) is 3. The minimum Gasteiger partial charge on any atom is -0.369 e. The molecule has 0 aromatic rings. The molecule has 1 aliphatic carbocycles. The van der Waals surface area contributed by atoms with Gasteiger partial charge in [-0.15, -0.1) is 0 Å². The molecule has 0 aliphatic heterocycles. The fourth-order valence-electron chi connectivity index (χ4n) is 1.20. The Labute approximate surface area is 112 Å². The average molecular weight is 266 g/mol. The molecular formula is C11H18N6S. The second kappa shape index (κ2) is 6.75. The van der Waals surface area contributed by atoms with Crippen molar-refractivity contribution >= 4 is 29.2 Å². The van der Waals surface area contributed by atoms with E-state index in [1.807, 2.05) is 6.08 Å². The highest BCUT2D eigenvalue weighted by Crippen LogP contribution is 2.06. The molecule has 0 heterocycles. The number of allylic oxidation sites excluding steroid dienone is 3. The third-order valence-corrected chi connectivity index (χ3v) is 2.34. The summed E-state index contributed by atoms with van der Waals surface area (Å²) < 4.78 is 0. The maximum absolute atomic E-state index is 5.61. The number of rotatable bonds is 1. The van der Waals surface area contributed by atoms with Gasteiger partial charge in [-0.3, -0.25) is 0 Å². The van der Waals surface area contributed by atoms with Crippen LogP contribution in [0.5, 0.6) is 0 Å². The van der Waals surface area contributed by atoms with Crippen LogP contribution in [0, 0.1) is 0 Å². The van der Waals surface area contributed by atoms with E-state index in [-0.39, 0.29) is 17.0 Å². The molecule has 7 heteroatoms. The molecule has 1 aliphatic rings. The summed E-state index contributed by atoms with van der Waals surface area (Å²) >= 11 is 5.05. The van der Waals surface area contributed by atoms with Crippen molar-refractivity contribution in [2.24, 2.45) is 21.5 Å². The van der Waals surface area contributed by atoms with Gasteiger partial charge in [-0.1, -0.05) is 12.2 Å². The van der Waals surface area contributed by atoms with Crippen molar-refractivity contribution < 1.29 is 0 Å². The smallest absolute Gasteiger partial charge is 0.225 e. The summed E-state index contributed by atoms with van der Waals surface area (Å²) in [7, 11) is 3.53. The first-order chi connectivity index (χ1) is 8.49. The summed E-state index contributed by atoms with van der Waals surface area (Å²) in [6.07, 6.45) is 8.12. The van der Waals surface area contributed by atoms with Crippen molar-refractivity contribution in [3.05, 3.63) is 23.9 Å². The first-order valence-electron chi connectivity index (χ1n) is 5.52. The molecule has 0 saturated carbocycles. The number of nitrogens with one attached hydrogen (secondary N) is 1. The standard InChI is InChI=1S/C11H18N6S/c1-17(2)10(13)15-9(12)16-11(18)14-8-6-4-3-5-7-8/h4,6-7H,3,5H2,1-2H3,(H5,12,13,14,15,16,18). The van der Waals surface area contributed by atoms with Crippen LogP contribution in [0.1, 0.15) is 12.8 Å². The van der Waals surface area contributed by atoms with E-state index in [1.54, 1.807) is 19.0 Å². The minimum atomic E-state index is 0.0269. The summed E-state index contributed by atoms with van der Waals surface area (Å²) in [4.78, 5) is 9.46. The van der Waals surface area contributed by atoms with Gasteiger partial charge in [-0.05, 0) is 31.1 Å². The van der Waals surface area contributed by atoms with E-state index in [0.717, 1.165) is 18.5 Å². The predicted octanol–water partition coefficient (Wildman–Crippen LogP) is 0.286. The molecule has 6 nitrogen and oxygen atoms in total. The zero-order valence-corrected chi connectivity index (χ0v) is 11.4. The van der Waals surface area contributed by atoms with E-state index in [9.17, 15) is 0 Å². The summed E-state index contributed by atoms with van der Waals surface area (Å²) in [6.45, 7) is 0. The Morgan fingerprint density at radius 2 is 2.06 bits per heavy atom. The zero-order chi connectivity index (χ0) is 13.5. The summed E-state index contributed by atoms with van der Waals surface area (Å²) in [5, 5.41) is 3.23. The van der Waals surface area contributed by atoms with E-state index in [4.69, 9.17) is 23.7 Å². The quantitative estimate of drug-likeness (QED) is 0.360. The molecule has 0 aromatic heterocycles. The number of aliphatic imine (C=N–C) groups is 2. The van der Waals surface area contributed by atoms with Gasteiger partial charge in [0.15, 0.2) is 5.96 Å². The molecule has 1 rings (SSSR count). The van der Waals surface area contributed by atoms with Crippen molar-refractivity contribution in [3.63, 3.8) is 0 Å². The first kappa shape index (κ1) is 14.2. The molecule has 18 heavy (non-hydrogen) atoms. The van der Waals surface area contributed by atoms with Crippen LogP contribution in [0.4, 0.5) is 0 Å². The lowest BCUT2D eigenvalue weighted by Crippen LogP contribution is -2.33. The van der Waals surface area contributed by atoms with Crippen LogP contribution in [-0.2, 0) is 0 Å².